The number of phosphoric acid groups is 1. The molecule has 0 amide bonds. The number of carboxylic acids is 1. The molecule has 0 rings (SSSR count). The number of ether oxygens (including phenoxy) is 2. The lowest BCUT2D eigenvalue weighted by atomic mass is 10.1. The van der Waals surface area contributed by atoms with E-state index >= 15 is 0 Å². The van der Waals surface area contributed by atoms with Gasteiger partial charge in [-0.2, -0.15) is 0 Å². The largest absolute Gasteiger partial charge is 0.756 e. The Morgan fingerprint density at radius 2 is 0.926 bits per heavy atom. The minimum atomic E-state index is -4.95. The number of rotatable bonds is 40. The van der Waals surface area contributed by atoms with E-state index in [1.165, 1.54) is 77.0 Å². The first-order valence-electron chi connectivity index (χ1n) is 21.4. The van der Waals surface area contributed by atoms with E-state index in [0.29, 0.717) is 12.8 Å². The van der Waals surface area contributed by atoms with Crippen LogP contribution in [0.1, 0.15) is 194 Å². The highest BCUT2D eigenvalue weighted by atomic mass is 31.2. The summed E-state index contributed by atoms with van der Waals surface area (Å²) in [6, 6.07) is -1.42. The topological polar surface area (TPSA) is 179 Å². The van der Waals surface area contributed by atoms with Crippen molar-refractivity contribution in [3.63, 3.8) is 0 Å². The number of carboxylic acid groups (broad SMARTS) is 1. The maximum atomic E-state index is 12.6. The van der Waals surface area contributed by atoms with Gasteiger partial charge in [-0.15, -0.1) is 0 Å². The molecular weight excluding hydrogens is 709 g/mol. The fourth-order valence-electron chi connectivity index (χ4n) is 5.76. The number of esters is 2. The smallest absolute Gasteiger partial charge is 0.306 e. The molecule has 11 nitrogen and oxygen atoms in total. The van der Waals surface area contributed by atoms with Crippen molar-refractivity contribution in [1.29, 1.82) is 0 Å². The molecule has 3 atom stereocenters. The Bertz CT molecular complexity index is 1020. The summed E-state index contributed by atoms with van der Waals surface area (Å²) in [5.41, 5.74) is 3.24. The zero-order valence-corrected chi connectivity index (χ0v) is 35.0. The number of phosphoric ester groups is 1. The molecule has 0 aromatic rings. The van der Waals surface area contributed by atoms with Crippen LogP contribution in [0.3, 0.4) is 0 Å². The quantitative estimate of drug-likeness (QED) is 0.0274. The standard InChI is InChI=1S/C42H78NO10P/c1-3-5-7-9-11-13-15-17-19-21-23-25-27-29-31-33-40(44)50-35-38(36-51-54(48,49)52-37-39(43)42(46)47)53-41(45)34-32-30-28-26-24-22-20-18-16-14-12-10-8-6-4-2/h17-20,38-39H,3-16,21-37,43H2,1-2H3,(H,46,47)(H,48,49)/p-1/b19-17+,20-18+/t38-,39+/m1/s1. The summed E-state index contributed by atoms with van der Waals surface area (Å²) in [7, 11) is -4.95. The van der Waals surface area contributed by atoms with E-state index in [2.05, 4.69) is 48.4 Å². The van der Waals surface area contributed by atoms with Crippen molar-refractivity contribution in [2.75, 3.05) is 19.8 Å². The normalized spacial score (nSPS) is 14.0. The SMILES string of the molecule is CCCCCCCC/C=C/CCCCCCCC(=O)OC[C@H](COP(=O)([O-])OC[C@H]([NH3+])C(=O)[O-])OC(=O)CCCCCCC/C=C/CCCCCCCC. The molecule has 12 heteroatoms. The number of quaternary nitrogens is 1. The number of hydrogen-bond donors (Lipinski definition) is 1. The van der Waals surface area contributed by atoms with Gasteiger partial charge in [0, 0.05) is 12.8 Å². The zero-order chi connectivity index (χ0) is 40.0. The third-order valence-electron chi connectivity index (χ3n) is 9.20. The molecule has 0 aliphatic heterocycles. The van der Waals surface area contributed by atoms with Crippen molar-refractivity contribution in [1.82, 2.24) is 0 Å². The van der Waals surface area contributed by atoms with Crippen LogP contribution < -0.4 is 15.7 Å². The Balaban J connectivity index is 4.40. The first-order valence-corrected chi connectivity index (χ1v) is 22.9. The van der Waals surface area contributed by atoms with E-state index in [4.69, 9.17) is 14.0 Å². The third kappa shape index (κ3) is 36.9. The van der Waals surface area contributed by atoms with E-state index in [9.17, 15) is 28.9 Å². The minimum Gasteiger partial charge on any atom is -0.756 e. The van der Waals surface area contributed by atoms with E-state index in [-0.39, 0.29) is 19.4 Å². The van der Waals surface area contributed by atoms with Gasteiger partial charge in [-0.1, -0.05) is 141 Å². The molecular formula is C42H77NO10P-. The Labute approximate surface area is 328 Å². The lowest BCUT2D eigenvalue weighted by Crippen LogP contribution is -2.70. The predicted octanol–water partition coefficient (Wildman–Crippen LogP) is 8.38. The highest BCUT2D eigenvalue weighted by molar-refractivity contribution is 7.45. The molecule has 54 heavy (non-hydrogen) atoms. The van der Waals surface area contributed by atoms with Crippen molar-refractivity contribution >= 4 is 25.7 Å². The molecule has 0 fully saturated rings. The highest BCUT2D eigenvalue weighted by Crippen LogP contribution is 2.38. The second-order valence-electron chi connectivity index (χ2n) is 14.5. The van der Waals surface area contributed by atoms with Crippen molar-refractivity contribution in [2.45, 2.75) is 206 Å². The van der Waals surface area contributed by atoms with Crippen LogP contribution in [0.25, 0.3) is 0 Å². The van der Waals surface area contributed by atoms with Crippen molar-refractivity contribution < 1.29 is 53.2 Å². The van der Waals surface area contributed by atoms with Crippen LogP contribution in [0.15, 0.2) is 24.3 Å². The molecule has 1 unspecified atom stereocenters. The summed E-state index contributed by atoms with van der Waals surface area (Å²) in [6.07, 6.45) is 37.9. The molecule has 3 N–H and O–H groups in total. The summed E-state index contributed by atoms with van der Waals surface area (Å²) < 4.78 is 32.3. The van der Waals surface area contributed by atoms with Crippen LogP contribution in [-0.4, -0.2) is 49.9 Å². The maximum Gasteiger partial charge on any atom is 0.306 e. The van der Waals surface area contributed by atoms with E-state index in [1.807, 2.05) is 0 Å². The number of hydrogen-bond acceptors (Lipinski definition) is 10. The van der Waals surface area contributed by atoms with E-state index in [0.717, 1.165) is 77.0 Å². The number of carbonyl (C=O) groups is 3. The molecule has 0 aliphatic carbocycles. The van der Waals surface area contributed by atoms with Crippen LogP contribution in [-0.2, 0) is 37.5 Å². The molecule has 316 valence electrons. The molecule has 0 radical (unpaired) electrons. The maximum absolute atomic E-state index is 12.6. The first kappa shape index (κ1) is 52.0. The van der Waals surface area contributed by atoms with Crippen LogP contribution in [0.2, 0.25) is 0 Å². The number of aliphatic carboxylic acids is 1. The second kappa shape index (κ2) is 37.9. The third-order valence-corrected chi connectivity index (χ3v) is 10.1. The van der Waals surface area contributed by atoms with Crippen LogP contribution >= 0.6 is 7.82 Å². The van der Waals surface area contributed by atoms with Crippen molar-refractivity contribution in [3.8, 4) is 0 Å². The van der Waals surface area contributed by atoms with Gasteiger partial charge >= 0.3 is 11.9 Å². The van der Waals surface area contributed by atoms with Gasteiger partial charge in [0.2, 0.25) is 0 Å². The van der Waals surface area contributed by atoms with Crippen molar-refractivity contribution in [2.24, 2.45) is 0 Å². The Kier molecular flexibility index (Phi) is 36.4. The minimum absolute atomic E-state index is 0.137. The second-order valence-corrected chi connectivity index (χ2v) is 15.9. The Hall–Kier alpha value is -2.04. The van der Waals surface area contributed by atoms with Gasteiger partial charge in [0.1, 0.15) is 25.2 Å². The first-order chi connectivity index (χ1) is 26.1. The lowest BCUT2D eigenvalue weighted by Gasteiger charge is -2.26. The molecule has 0 aliphatic rings. The van der Waals surface area contributed by atoms with E-state index < -0.39 is 51.1 Å². The summed E-state index contributed by atoms with van der Waals surface area (Å²) >= 11 is 0. The Morgan fingerprint density at radius 1 is 0.556 bits per heavy atom. The van der Waals surface area contributed by atoms with Gasteiger partial charge in [0.25, 0.3) is 7.82 Å². The van der Waals surface area contributed by atoms with Gasteiger partial charge in [-0.25, -0.2) is 0 Å². The molecule has 0 spiro atoms. The number of carbonyl (C=O) groups excluding carboxylic acids is 3. The summed E-state index contributed by atoms with van der Waals surface area (Å²) in [5.74, 6) is -2.59. The van der Waals surface area contributed by atoms with Gasteiger partial charge < -0.3 is 39.0 Å². The van der Waals surface area contributed by atoms with Gasteiger partial charge in [-0.3, -0.25) is 14.2 Å². The average molecular weight is 787 g/mol. The molecule has 0 aromatic carbocycles. The van der Waals surface area contributed by atoms with Crippen LogP contribution in [0.4, 0.5) is 0 Å². The zero-order valence-electron chi connectivity index (χ0n) is 34.1. The fourth-order valence-corrected chi connectivity index (χ4v) is 6.55. The molecule has 0 aromatic heterocycles. The van der Waals surface area contributed by atoms with Crippen LogP contribution in [0.5, 0.6) is 0 Å². The lowest BCUT2D eigenvalue weighted by molar-refractivity contribution is -0.441. The van der Waals surface area contributed by atoms with Gasteiger partial charge in [0.05, 0.1) is 6.61 Å². The molecule has 0 saturated heterocycles. The monoisotopic (exact) mass is 787 g/mol. The molecule has 0 saturated carbocycles. The van der Waals surface area contributed by atoms with Gasteiger partial charge in [0.15, 0.2) is 6.10 Å². The summed E-state index contributed by atoms with van der Waals surface area (Å²) in [6.45, 7) is 2.68. The summed E-state index contributed by atoms with van der Waals surface area (Å²) in [4.78, 5) is 48.0. The van der Waals surface area contributed by atoms with Crippen LogP contribution in [0, 0.1) is 0 Å². The predicted molar refractivity (Wildman–Crippen MR) is 211 cm³/mol. The van der Waals surface area contributed by atoms with Crippen molar-refractivity contribution in [3.05, 3.63) is 24.3 Å². The highest BCUT2D eigenvalue weighted by Gasteiger charge is 2.22. The van der Waals surface area contributed by atoms with E-state index in [1.54, 1.807) is 0 Å². The average Bonchev–Trinajstić information content (AvgIpc) is 3.14. The Morgan fingerprint density at radius 3 is 1.35 bits per heavy atom. The molecule has 0 bridgehead atoms. The fraction of sp³-hybridized carbons (Fsp3) is 0.833. The molecule has 0 heterocycles. The number of allylic oxidation sites excluding steroid dienone is 4. The van der Waals surface area contributed by atoms with Gasteiger partial charge in [-0.05, 0) is 64.2 Å². The summed E-state index contributed by atoms with van der Waals surface area (Å²) in [5, 5.41) is 10.8. The number of unbranched alkanes of at least 4 members (excludes halogenated alkanes) is 22.